The lowest BCUT2D eigenvalue weighted by molar-refractivity contribution is 0.174. The number of ether oxygens (including phenoxy) is 2. The molecular formula is C15H14O2. The van der Waals surface area contributed by atoms with E-state index in [4.69, 9.17) is 9.47 Å². The molecule has 1 heterocycles. The summed E-state index contributed by atoms with van der Waals surface area (Å²) in [5, 5.41) is 0. The Morgan fingerprint density at radius 3 is 2.88 bits per heavy atom. The van der Waals surface area contributed by atoms with Gasteiger partial charge in [0.05, 0.1) is 13.2 Å². The standard InChI is InChI=1S/C15H14O2/c1-9-7-16-12-6-10-4-2-3-5-11-13(10)14(11)15(12)17-8-9/h2-6,9,13H,7-8H2,1H3/t9?,13-/m0/s1. The molecule has 0 aromatic carbocycles. The van der Waals surface area contributed by atoms with Crippen molar-refractivity contribution in [1.82, 2.24) is 0 Å². The van der Waals surface area contributed by atoms with E-state index in [2.05, 4.69) is 37.3 Å². The Hall–Kier alpha value is -1.70. The molecule has 0 aromatic rings. The normalized spacial score (nSPS) is 32.9. The molecule has 3 aliphatic carbocycles. The van der Waals surface area contributed by atoms with Crippen LogP contribution in [0.25, 0.3) is 0 Å². The number of hydrogen-bond acceptors (Lipinski definition) is 2. The summed E-state index contributed by atoms with van der Waals surface area (Å²) in [5.41, 5.74) is 4.06. The van der Waals surface area contributed by atoms with Gasteiger partial charge in [-0.15, -0.1) is 0 Å². The molecule has 0 amide bonds. The Balaban J connectivity index is 1.85. The van der Waals surface area contributed by atoms with Gasteiger partial charge in [0.25, 0.3) is 0 Å². The van der Waals surface area contributed by atoms with Crippen LogP contribution in [0.4, 0.5) is 0 Å². The molecule has 1 saturated carbocycles. The fourth-order valence-electron chi connectivity index (χ4n) is 2.70. The van der Waals surface area contributed by atoms with Gasteiger partial charge in [-0.05, 0) is 17.2 Å². The maximum absolute atomic E-state index is 5.92. The van der Waals surface area contributed by atoms with Gasteiger partial charge in [0, 0.05) is 17.4 Å². The first-order valence-electron chi connectivity index (χ1n) is 6.15. The third-order valence-corrected chi connectivity index (χ3v) is 3.64. The molecule has 1 unspecified atom stereocenters. The van der Waals surface area contributed by atoms with Crippen molar-refractivity contribution < 1.29 is 9.47 Å². The smallest absolute Gasteiger partial charge is 0.165 e. The first-order valence-corrected chi connectivity index (χ1v) is 6.15. The number of hydrogen-bond donors (Lipinski definition) is 0. The molecule has 86 valence electrons. The van der Waals surface area contributed by atoms with E-state index in [1.807, 2.05) is 0 Å². The molecule has 2 nitrogen and oxygen atoms in total. The van der Waals surface area contributed by atoms with E-state index in [0.717, 1.165) is 24.7 Å². The van der Waals surface area contributed by atoms with E-state index >= 15 is 0 Å². The fourth-order valence-corrected chi connectivity index (χ4v) is 2.70. The van der Waals surface area contributed by atoms with Crippen LogP contribution in [0.5, 0.6) is 0 Å². The lowest BCUT2D eigenvalue weighted by atomic mass is 10.0. The Labute approximate surface area is 101 Å². The molecule has 2 fully saturated rings. The summed E-state index contributed by atoms with van der Waals surface area (Å²) in [6.07, 6.45) is 10.7. The van der Waals surface area contributed by atoms with Crippen molar-refractivity contribution in [3.63, 3.8) is 0 Å². The van der Waals surface area contributed by atoms with Gasteiger partial charge in [0.1, 0.15) is 0 Å². The van der Waals surface area contributed by atoms with Crippen molar-refractivity contribution in [2.24, 2.45) is 11.8 Å². The van der Waals surface area contributed by atoms with Crippen LogP contribution in [0.15, 0.2) is 58.6 Å². The van der Waals surface area contributed by atoms with E-state index in [9.17, 15) is 0 Å². The largest absolute Gasteiger partial charge is 0.489 e. The summed E-state index contributed by atoms with van der Waals surface area (Å²) in [7, 11) is 0. The lowest BCUT2D eigenvalue weighted by Crippen LogP contribution is -2.06. The first kappa shape index (κ1) is 9.34. The Kier molecular flexibility index (Phi) is 1.74. The summed E-state index contributed by atoms with van der Waals surface area (Å²) in [5.74, 6) is 2.83. The molecule has 0 N–H and O–H groups in total. The maximum atomic E-state index is 5.92. The van der Waals surface area contributed by atoms with E-state index in [1.165, 1.54) is 16.7 Å². The number of fused-ring (bicyclic) bond motifs is 2. The second-order valence-electron chi connectivity index (χ2n) is 5.09. The molecular weight excluding hydrogens is 212 g/mol. The lowest BCUT2D eigenvalue weighted by Gasteiger charge is -2.13. The van der Waals surface area contributed by atoms with Gasteiger partial charge in [0.15, 0.2) is 11.5 Å². The Morgan fingerprint density at radius 1 is 1.12 bits per heavy atom. The fraction of sp³-hybridized carbons (Fsp3) is 0.333. The average molecular weight is 226 g/mol. The minimum atomic E-state index is 0.454. The third-order valence-electron chi connectivity index (χ3n) is 3.64. The second-order valence-corrected chi connectivity index (χ2v) is 5.09. The molecule has 0 bridgehead atoms. The van der Waals surface area contributed by atoms with Gasteiger partial charge < -0.3 is 9.47 Å². The third kappa shape index (κ3) is 1.27. The van der Waals surface area contributed by atoms with Crippen LogP contribution in [0.2, 0.25) is 0 Å². The van der Waals surface area contributed by atoms with Gasteiger partial charge in [-0.1, -0.05) is 31.2 Å². The molecule has 2 atom stereocenters. The minimum Gasteiger partial charge on any atom is -0.489 e. The van der Waals surface area contributed by atoms with Gasteiger partial charge in [-0.2, -0.15) is 0 Å². The molecule has 0 aromatic heterocycles. The van der Waals surface area contributed by atoms with Crippen molar-refractivity contribution in [3.8, 4) is 0 Å². The van der Waals surface area contributed by atoms with E-state index in [1.54, 1.807) is 0 Å². The van der Waals surface area contributed by atoms with Crippen molar-refractivity contribution in [1.29, 1.82) is 0 Å². The van der Waals surface area contributed by atoms with Crippen LogP contribution < -0.4 is 0 Å². The molecule has 1 aliphatic heterocycles. The zero-order chi connectivity index (χ0) is 11.4. The predicted octanol–water partition coefficient (Wildman–Crippen LogP) is 2.87. The Morgan fingerprint density at radius 2 is 1.94 bits per heavy atom. The molecule has 0 spiro atoms. The van der Waals surface area contributed by atoms with E-state index in [-0.39, 0.29) is 0 Å². The van der Waals surface area contributed by atoms with Gasteiger partial charge in [-0.25, -0.2) is 0 Å². The number of rotatable bonds is 0. The van der Waals surface area contributed by atoms with Crippen molar-refractivity contribution in [2.75, 3.05) is 13.2 Å². The average Bonchev–Trinajstić information content (AvgIpc) is 3.07. The van der Waals surface area contributed by atoms with Crippen LogP contribution in [-0.4, -0.2) is 13.2 Å². The van der Waals surface area contributed by atoms with Gasteiger partial charge in [0.2, 0.25) is 0 Å². The molecule has 4 rings (SSSR count). The molecule has 0 radical (unpaired) electrons. The van der Waals surface area contributed by atoms with Crippen LogP contribution in [0.3, 0.4) is 0 Å². The quantitative estimate of drug-likeness (QED) is 0.632. The minimum absolute atomic E-state index is 0.454. The maximum Gasteiger partial charge on any atom is 0.165 e. The Bertz CT molecular complexity index is 543. The monoisotopic (exact) mass is 226 g/mol. The zero-order valence-electron chi connectivity index (χ0n) is 9.77. The van der Waals surface area contributed by atoms with Crippen molar-refractivity contribution in [3.05, 3.63) is 58.6 Å². The zero-order valence-corrected chi connectivity index (χ0v) is 9.77. The van der Waals surface area contributed by atoms with Gasteiger partial charge in [-0.3, -0.25) is 0 Å². The molecule has 4 aliphatic rings. The van der Waals surface area contributed by atoms with Crippen LogP contribution in [0.1, 0.15) is 6.92 Å². The molecule has 17 heavy (non-hydrogen) atoms. The predicted molar refractivity (Wildman–Crippen MR) is 65.0 cm³/mol. The summed E-state index contributed by atoms with van der Waals surface area (Å²) in [4.78, 5) is 0. The van der Waals surface area contributed by atoms with Crippen molar-refractivity contribution >= 4 is 0 Å². The summed E-state index contributed by atoms with van der Waals surface area (Å²) >= 11 is 0. The molecule has 2 heteroatoms. The van der Waals surface area contributed by atoms with Crippen molar-refractivity contribution in [2.45, 2.75) is 6.92 Å². The summed E-state index contributed by atoms with van der Waals surface area (Å²) < 4.78 is 11.8. The molecule has 1 saturated heterocycles. The summed E-state index contributed by atoms with van der Waals surface area (Å²) in [6, 6.07) is 0. The van der Waals surface area contributed by atoms with Gasteiger partial charge >= 0.3 is 0 Å². The highest BCUT2D eigenvalue weighted by Gasteiger charge is 2.47. The first-order chi connectivity index (χ1) is 8.34. The highest BCUT2D eigenvalue weighted by atomic mass is 16.5. The van der Waals surface area contributed by atoms with Crippen LogP contribution >= 0.6 is 0 Å². The highest BCUT2D eigenvalue weighted by Crippen LogP contribution is 2.57. The topological polar surface area (TPSA) is 18.5 Å². The second kappa shape index (κ2) is 3.16. The van der Waals surface area contributed by atoms with Crippen LogP contribution in [0, 0.1) is 11.8 Å². The van der Waals surface area contributed by atoms with E-state index in [0.29, 0.717) is 11.8 Å². The summed E-state index contributed by atoms with van der Waals surface area (Å²) in [6.45, 7) is 3.65. The SMILES string of the molecule is CC1COC2=CC3=CC=CC=C4C(=C2OC1)[C@@H]34. The van der Waals surface area contributed by atoms with E-state index < -0.39 is 0 Å². The number of allylic oxidation sites excluding steroid dienone is 8. The van der Waals surface area contributed by atoms with Crippen LogP contribution in [-0.2, 0) is 9.47 Å². The highest BCUT2D eigenvalue weighted by molar-refractivity contribution is 5.72.